The number of likely N-dealkylation sites (tertiary alicyclic amines) is 2. The molecule has 4 aliphatic rings. The van der Waals surface area contributed by atoms with Crippen LogP contribution in [0.5, 0.6) is 0 Å². The summed E-state index contributed by atoms with van der Waals surface area (Å²) >= 11 is 0. The molecule has 0 radical (unpaired) electrons. The van der Waals surface area contributed by atoms with E-state index in [0.29, 0.717) is 6.04 Å². The van der Waals surface area contributed by atoms with Gasteiger partial charge in [-0.2, -0.15) is 0 Å². The molecule has 0 amide bonds. The number of para-hydroxylation sites is 2. The Morgan fingerprint density at radius 3 is 1.68 bits per heavy atom. The maximum atomic E-state index is 2.75. The fourth-order valence-electron chi connectivity index (χ4n) is 9.28. The average molecular weight is 685 g/mol. The van der Waals surface area contributed by atoms with Crippen LogP contribution in [0.4, 0.5) is 5.69 Å². The van der Waals surface area contributed by atoms with E-state index in [1.54, 1.807) is 5.69 Å². The normalized spacial score (nSPS) is 20.2. The van der Waals surface area contributed by atoms with E-state index in [1.807, 2.05) is 27.7 Å². The van der Waals surface area contributed by atoms with Gasteiger partial charge in [0.2, 0.25) is 0 Å². The molecule has 4 nitrogen and oxygen atoms in total. The van der Waals surface area contributed by atoms with Crippen molar-refractivity contribution in [3.8, 4) is 0 Å². The number of nitrogens with zero attached hydrogens (tertiary/aromatic N) is 4. The summed E-state index contributed by atoms with van der Waals surface area (Å²) in [6.07, 6.45) is 21.0. The van der Waals surface area contributed by atoms with Gasteiger partial charge in [0.25, 0.3) is 0 Å². The molecule has 2 aliphatic carbocycles. The zero-order chi connectivity index (χ0) is 35.6. The molecule has 2 aliphatic heterocycles. The van der Waals surface area contributed by atoms with Crippen molar-refractivity contribution >= 4 is 16.6 Å². The zero-order valence-corrected chi connectivity index (χ0v) is 33.4. The van der Waals surface area contributed by atoms with Crippen LogP contribution in [-0.2, 0) is 6.42 Å². The van der Waals surface area contributed by atoms with E-state index < -0.39 is 0 Å². The highest BCUT2D eigenvalue weighted by Gasteiger charge is 2.27. The van der Waals surface area contributed by atoms with Gasteiger partial charge >= 0.3 is 0 Å². The third-order valence-corrected chi connectivity index (χ3v) is 12.1. The Labute approximate surface area is 309 Å². The van der Waals surface area contributed by atoms with Gasteiger partial charge in [-0.25, -0.2) is 0 Å². The largest absolute Gasteiger partial charge is 0.368 e. The SMILES string of the molecule is CC.CC.CCN1CCC(N(CC2CCCCC2)c2ccccc2)CC1.CCN1CCC(n2c(CC3CCCCC3)cc3ccccc32)CC1. The first-order chi connectivity index (χ1) is 24.7. The van der Waals surface area contributed by atoms with E-state index in [2.05, 4.69) is 93.8 Å². The minimum absolute atomic E-state index is 0.700. The lowest BCUT2D eigenvalue weighted by atomic mass is 9.86. The molecule has 280 valence electrons. The van der Waals surface area contributed by atoms with Crippen LogP contribution < -0.4 is 4.90 Å². The summed E-state index contributed by atoms with van der Waals surface area (Å²) in [4.78, 5) is 7.95. The van der Waals surface area contributed by atoms with Gasteiger partial charge in [-0.3, -0.25) is 0 Å². The number of hydrogen-bond donors (Lipinski definition) is 0. The predicted molar refractivity (Wildman–Crippen MR) is 221 cm³/mol. The summed E-state index contributed by atoms with van der Waals surface area (Å²) in [5.41, 5.74) is 4.53. The predicted octanol–water partition coefficient (Wildman–Crippen LogP) is 12.0. The van der Waals surface area contributed by atoms with Gasteiger partial charge in [-0.15, -0.1) is 0 Å². The number of aromatic nitrogens is 1. The summed E-state index contributed by atoms with van der Waals surface area (Å²) in [5, 5.41) is 1.45. The fourth-order valence-corrected chi connectivity index (χ4v) is 9.28. The quantitative estimate of drug-likeness (QED) is 0.223. The second-order valence-electron chi connectivity index (χ2n) is 15.1. The smallest absolute Gasteiger partial charge is 0.0485 e. The first-order valence-corrected chi connectivity index (χ1v) is 21.6. The number of benzene rings is 2. The topological polar surface area (TPSA) is 14.7 Å². The Hall–Kier alpha value is -2.30. The van der Waals surface area contributed by atoms with E-state index in [-0.39, 0.29) is 0 Å². The van der Waals surface area contributed by atoms with Crippen LogP contribution >= 0.6 is 0 Å². The lowest BCUT2D eigenvalue weighted by Gasteiger charge is -2.41. The summed E-state index contributed by atoms with van der Waals surface area (Å²) in [7, 11) is 0. The molecule has 1 aromatic heterocycles. The van der Waals surface area contributed by atoms with Crippen LogP contribution in [0, 0.1) is 11.8 Å². The molecule has 2 saturated heterocycles. The van der Waals surface area contributed by atoms with E-state index in [1.165, 1.54) is 159 Å². The van der Waals surface area contributed by atoms with E-state index in [4.69, 9.17) is 0 Å². The zero-order valence-electron chi connectivity index (χ0n) is 33.4. The van der Waals surface area contributed by atoms with Gasteiger partial charge in [0.05, 0.1) is 0 Å². The molecular weight excluding hydrogens is 609 g/mol. The van der Waals surface area contributed by atoms with Gasteiger partial charge < -0.3 is 19.3 Å². The van der Waals surface area contributed by atoms with Crippen LogP contribution in [0.25, 0.3) is 10.9 Å². The fraction of sp³-hybridized carbons (Fsp3) is 0.696. The first-order valence-electron chi connectivity index (χ1n) is 21.6. The molecule has 3 heterocycles. The second-order valence-corrected chi connectivity index (χ2v) is 15.1. The number of anilines is 1. The van der Waals surface area contributed by atoms with Crippen molar-refractivity contribution in [3.63, 3.8) is 0 Å². The van der Waals surface area contributed by atoms with Crippen molar-refractivity contribution in [2.75, 3.05) is 50.7 Å². The highest BCUT2D eigenvalue weighted by Crippen LogP contribution is 2.35. The van der Waals surface area contributed by atoms with Crippen molar-refractivity contribution in [1.29, 1.82) is 0 Å². The van der Waals surface area contributed by atoms with Crippen LogP contribution in [0.3, 0.4) is 0 Å². The number of fused-ring (bicyclic) bond motifs is 1. The Morgan fingerprint density at radius 1 is 0.580 bits per heavy atom. The van der Waals surface area contributed by atoms with E-state index in [0.717, 1.165) is 17.9 Å². The number of rotatable bonds is 9. The third-order valence-electron chi connectivity index (χ3n) is 12.1. The summed E-state index contributed by atoms with van der Waals surface area (Å²) in [6.45, 7) is 21.3. The molecule has 0 unspecified atom stereocenters. The van der Waals surface area contributed by atoms with Crippen LogP contribution in [0.1, 0.15) is 143 Å². The standard InChI is InChI=1S/C22H32N2.C20H32N2.2C2H6/c1-2-23-14-12-20(13-15-23)24-21(16-18-8-4-3-5-9-18)17-19-10-6-7-11-22(19)24;1-2-21-15-13-20(14-16-21)22(19-11-7-4-8-12-19)17-18-9-5-3-6-10-18;2*1-2/h6-7,10-11,17-18,20H,2-5,8-9,12-16H2,1H3;4,7-8,11-12,18,20H,2-3,5-6,9-10,13-17H2,1H3;2*1-2H3. The average Bonchev–Trinajstić information content (AvgIpc) is 3.57. The van der Waals surface area contributed by atoms with Crippen molar-refractivity contribution < 1.29 is 0 Å². The van der Waals surface area contributed by atoms with Crippen LogP contribution in [0.2, 0.25) is 0 Å². The first kappa shape index (κ1) is 40.5. The van der Waals surface area contributed by atoms with Crippen molar-refractivity contribution in [2.24, 2.45) is 11.8 Å². The van der Waals surface area contributed by atoms with Crippen LogP contribution in [0.15, 0.2) is 60.7 Å². The molecule has 0 atom stereocenters. The Bertz CT molecular complexity index is 1270. The summed E-state index contributed by atoms with van der Waals surface area (Å²) < 4.78 is 2.73. The molecule has 2 aromatic carbocycles. The maximum Gasteiger partial charge on any atom is 0.0485 e. The highest BCUT2D eigenvalue weighted by atomic mass is 15.2. The molecule has 0 spiro atoms. The van der Waals surface area contributed by atoms with E-state index >= 15 is 0 Å². The molecule has 7 rings (SSSR count). The highest BCUT2D eigenvalue weighted by molar-refractivity contribution is 5.81. The molecular formula is C46H76N4. The Balaban J connectivity index is 0.000000205. The van der Waals surface area contributed by atoms with Gasteiger partial charge in [-0.05, 0) is 99.5 Å². The van der Waals surface area contributed by atoms with Gasteiger partial charge in [-0.1, -0.05) is 129 Å². The molecule has 4 fully saturated rings. The minimum atomic E-state index is 0.700. The summed E-state index contributed by atoms with van der Waals surface area (Å²) in [6, 6.07) is 24.2. The maximum absolute atomic E-state index is 2.75. The molecule has 0 N–H and O–H groups in total. The summed E-state index contributed by atoms with van der Waals surface area (Å²) in [5.74, 6) is 1.83. The van der Waals surface area contributed by atoms with Gasteiger partial charge in [0.1, 0.15) is 0 Å². The molecule has 50 heavy (non-hydrogen) atoms. The second kappa shape index (κ2) is 22.6. The number of hydrogen-bond acceptors (Lipinski definition) is 3. The Morgan fingerprint density at radius 2 is 1.10 bits per heavy atom. The monoisotopic (exact) mass is 685 g/mol. The molecule has 4 heteroatoms. The minimum Gasteiger partial charge on any atom is -0.368 e. The lowest BCUT2D eigenvalue weighted by Crippen LogP contribution is -2.46. The molecule has 3 aromatic rings. The van der Waals surface area contributed by atoms with Crippen molar-refractivity contribution in [2.45, 2.75) is 150 Å². The van der Waals surface area contributed by atoms with Gasteiger partial charge in [0, 0.05) is 61.7 Å². The third kappa shape index (κ3) is 11.6. The molecule has 0 bridgehead atoms. The molecule has 2 saturated carbocycles. The van der Waals surface area contributed by atoms with E-state index in [9.17, 15) is 0 Å². The van der Waals surface area contributed by atoms with Gasteiger partial charge in [0.15, 0.2) is 0 Å². The number of piperidine rings is 2. The lowest BCUT2D eigenvalue weighted by molar-refractivity contribution is 0.194. The van der Waals surface area contributed by atoms with Crippen molar-refractivity contribution in [1.82, 2.24) is 14.4 Å². The van der Waals surface area contributed by atoms with Crippen molar-refractivity contribution in [3.05, 3.63) is 66.4 Å². The Kier molecular flexibility index (Phi) is 18.3. The van der Waals surface area contributed by atoms with Crippen LogP contribution in [-0.4, -0.2) is 66.2 Å².